The van der Waals surface area contributed by atoms with E-state index in [1.165, 1.54) is 25.7 Å². The molecule has 28 heavy (non-hydrogen) atoms. The van der Waals surface area contributed by atoms with Crippen LogP contribution in [0.15, 0.2) is 9.98 Å². The molecule has 0 aliphatic heterocycles. The Balaban J connectivity index is -0.00000312. The van der Waals surface area contributed by atoms with Crippen LogP contribution in [0.5, 0.6) is 0 Å². The summed E-state index contributed by atoms with van der Waals surface area (Å²) in [6, 6.07) is 1.58. The van der Waals surface area contributed by atoms with E-state index in [1.54, 1.807) is 0 Å². The molecule has 0 aromatic rings. The first-order chi connectivity index (χ1) is 12.2. The minimum Gasteiger partial charge on any atom is -0.363 e. The predicted molar refractivity (Wildman–Crippen MR) is 146 cm³/mol. The van der Waals surface area contributed by atoms with Crippen LogP contribution in [-0.2, 0) is 0 Å². The second-order valence-corrected chi connectivity index (χ2v) is 9.93. The lowest BCUT2D eigenvalue weighted by molar-refractivity contribution is 0.709. The summed E-state index contributed by atoms with van der Waals surface area (Å²) in [7, 11) is 0. The van der Waals surface area contributed by atoms with Crippen molar-refractivity contribution in [3.8, 4) is 0 Å². The zero-order valence-electron chi connectivity index (χ0n) is 19.1. The zero-order valence-corrected chi connectivity index (χ0v) is 24.1. The maximum atomic E-state index is 4.68. The molecule has 0 saturated heterocycles. The summed E-state index contributed by atoms with van der Waals surface area (Å²) in [6.45, 7) is 17.2. The summed E-state index contributed by atoms with van der Waals surface area (Å²) >= 11 is 3.73. The maximum Gasteiger partial charge on any atom is 0.156 e. The molecule has 0 bridgehead atoms. The highest BCUT2D eigenvalue weighted by molar-refractivity contribution is 8.93. The van der Waals surface area contributed by atoms with Crippen molar-refractivity contribution in [2.24, 2.45) is 9.98 Å². The number of thioether (sulfide) groups is 2. The molecule has 0 fully saturated rings. The van der Waals surface area contributed by atoms with E-state index in [4.69, 9.17) is 0 Å². The van der Waals surface area contributed by atoms with Crippen LogP contribution in [0.1, 0.15) is 81.1 Å². The van der Waals surface area contributed by atoms with E-state index in [2.05, 4.69) is 76.0 Å². The van der Waals surface area contributed by atoms with Gasteiger partial charge >= 0.3 is 0 Å². The standard InChI is InChI=1S/C20H42N4S2.2BrH/c1-15(2)21-19(22-16(3)4)25-13-11-9-10-12-14-26-20(23-17(5)6)24-18(7)8;;/h15-18H,9-14H2,1-8H3,(H,21,22)(H,23,24);2*1H. The van der Waals surface area contributed by atoms with E-state index in [9.17, 15) is 0 Å². The van der Waals surface area contributed by atoms with Crippen molar-refractivity contribution in [1.82, 2.24) is 10.6 Å². The summed E-state index contributed by atoms with van der Waals surface area (Å²) in [4.78, 5) is 9.35. The number of aliphatic imine (C=N–C) groups is 2. The minimum absolute atomic E-state index is 0. The SMILES string of the molecule is Br.Br.CC(C)N=C(NC(C)C)SCCCCCCSC(=NC(C)C)NC(C)C. The quantitative estimate of drug-likeness (QED) is 0.167. The van der Waals surface area contributed by atoms with Crippen molar-refractivity contribution in [2.75, 3.05) is 11.5 Å². The lowest BCUT2D eigenvalue weighted by Crippen LogP contribution is -2.29. The second kappa shape index (κ2) is 20.9. The van der Waals surface area contributed by atoms with Crippen molar-refractivity contribution >= 4 is 67.8 Å². The number of nitrogens with zero attached hydrogens (tertiary/aromatic N) is 2. The first kappa shape index (κ1) is 33.2. The fourth-order valence-corrected chi connectivity index (χ4v) is 4.38. The van der Waals surface area contributed by atoms with Crippen molar-refractivity contribution in [3.05, 3.63) is 0 Å². The van der Waals surface area contributed by atoms with E-state index in [0.29, 0.717) is 24.2 Å². The molecule has 8 heteroatoms. The van der Waals surface area contributed by atoms with Gasteiger partial charge < -0.3 is 10.6 Å². The number of hydrogen-bond donors (Lipinski definition) is 2. The van der Waals surface area contributed by atoms with Gasteiger partial charge in [-0.05, 0) is 68.2 Å². The third-order valence-corrected chi connectivity index (χ3v) is 5.07. The second-order valence-electron chi connectivity index (χ2n) is 7.77. The van der Waals surface area contributed by atoms with E-state index in [0.717, 1.165) is 21.8 Å². The molecule has 0 aromatic heterocycles. The Hall–Kier alpha value is 0.600. The van der Waals surface area contributed by atoms with Gasteiger partial charge in [0.1, 0.15) is 0 Å². The monoisotopic (exact) mass is 562 g/mol. The predicted octanol–water partition coefficient (Wildman–Crippen LogP) is 6.69. The van der Waals surface area contributed by atoms with Crippen LogP contribution >= 0.6 is 57.5 Å². The van der Waals surface area contributed by atoms with Crippen molar-refractivity contribution in [1.29, 1.82) is 0 Å². The summed E-state index contributed by atoms with van der Waals surface area (Å²) < 4.78 is 0. The average molecular weight is 565 g/mol. The number of amidine groups is 2. The van der Waals surface area contributed by atoms with Crippen molar-refractivity contribution in [2.45, 2.75) is 105 Å². The number of hydrogen-bond acceptors (Lipinski definition) is 4. The molecule has 0 radical (unpaired) electrons. The molecule has 0 amide bonds. The molecule has 0 aliphatic rings. The third-order valence-electron chi connectivity index (χ3n) is 3.09. The smallest absolute Gasteiger partial charge is 0.156 e. The first-order valence-electron chi connectivity index (χ1n) is 10.1. The van der Waals surface area contributed by atoms with E-state index in [-0.39, 0.29) is 34.0 Å². The van der Waals surface area contributed by atoms with Gasteiger partial charge in [0.25, 0.3) is 0 Å². The fraction of sp³-hybridized carbons (Fsp3) is 0.900. The van der Waals surface area contributed by atoms with Crippen LogP contribution < -0.4 is 10.6 Å². The Morgan fingerprint density at radius 1 is 0.607 bits per heavy atom. The largest absolute Gasteiger partial charge is 0.363 e. The molecule has 0 unspecified atom stereocenters. The van der Waals surface area contributed by atoms with Crippen LogP contribution in [-0.4, -0.2) is 46.0 Å². The van der Waals surface area contributed by atoms with Gasteiger partial charge in [-0.25, -0.2) is 0 Å². The van der Waals surface area contributed by atoms with E-state index < -0.39 is 0 Å². The molecule has 0 atom stereocenters. The Morgan fingerprint density at radius 3 is 1.18 bits per heavy atom. The Morgan fingerprint density at radius 2 is 0.929 bits per heavy atom. The van der Waals surface area contributed by atoms with Crippen LogP contribution in [0, 0.1) is 0 Å². The topological polar surface area (TPSA) is 48.8 Å². The zero-order chi connectivity index (χ0) is 19.9. The molecule has 0 aromatic carbocycles. The number of halogens is 2. The van der Waals surface area contributed by atoms with Crippen LogP contribution in [0.4, 0.5) is 0 Å². The molecule has 0 spiro atoms. The van der Waals surface area contributed by atoms with Crippen LogP contribution in [0.25, 0.3) is 0 Å². The summed E-state index contributed by atoms with van der Waals surface area (Å²) in [5, 5.41) is 9.10. The highest BCUT2D eigenvalue weighted by Crippen LogP contribution is 2.13. The van der Waals surface area contributed by atoms with Crippen LogP contribution in [0.2, 0.25) is 0 Å². The molecule has 2 N–H and O–H groups in total. The molecule has 0 heterocycles. The van der Waals surface area contributed by atoms with Gasteiger partial charge in [-0.2, -0.15) is 0 Å². The van der Waals surface area contributed by atoms with Gasteiger partial charge in [-0.1, -0.05) is 36.4 Å². The number of rotatable bonds is 11. The summed E-state index contributed by atoms with van der Waals surface area (Å²) in [5.74, 6) is 2.29. The lowest BCUT2D eigenvalue weighted by atomic mass is 10.2. The highest BCUT2D eigenvalue weighted by Gasteiger charge is 2.05. The summed E-state index contributed by atoms with van der Waals surface area (Å²) in [6.07, 6.45) is 5.09. The van der Waals surface area contributed by atoms with Gasteiger partial charge in [0.2, 0.25) is 0 Å². The average Bonchev–Trinajstić information content (AvgIpc) is 2.47. The van der Waals surface area contributed by atoms with E-state index in [1.807, 2.05) is 23.5 Å². The Kier molecular flexibility index (Phi) is 24.8. The molecule has 0 aliphatic carbocycles. The summed E-state index contributed by atoms with van der Waals surface area (Å²) in [5.41, 5.74) is 0. The number of nitrogens with one attached hydrogen (secondary N) is 2. The molecule has 0 saturated carbocycles. The van der Waals surface area contributed by atoms with Gasteiger partial charge in [-0.3, -0.25) is 9.98 Å². The first-order valence-corrected chi connectivity index (χ1v) is 12.1. The van der Waals surface area contributed by atoms with Crippen molar-refractivity contribution in [3.63, 3.8) is 0 Å². The molecular formula is C20H44Br2N4S2. The van der Waals surface area contributed by atoms with Gasteiger partial charge in [0.15, 0.2) is 10.3 Å². The third kappa shape index (κ3) is 22.9. The molecule has 0 rings (SSSR count). The lowest BCUT2D eigenvalue weighted by Gasteiger charge is -2.14. The number of unbranched alkanes of at least 4 members (excludes halogenated alkanes) is 3. The molecule has 170 valence electrons. The van der Waals surface area contributed by atoms with Crippen molar-refractivity contribution < 1.29 is 0 Å². The maximum absolute atomic E-state index is 4.68. The van der Waals surface area contributed by atoms with E-state index >= 15 is 0 Å². The van der Waals surface area contributed by atoms with Gasteiger partial charge in [0, 0.05) is 35.7 Å². The molecule has 4 nitrogen and oxygen atoms in total. The minimum atomic E-state index is 0. The Bertz CT molecular complexity index is 377. The normalized spacial score (nSPS) is 12.4. The van der Waals surface area contributed by atoms with Gasteiger partial charge in [-0.15, -0.1) is 34.0 Å². The fourth-order valence-electron chi connectivity index (χ4n) is 2.09. The Labute approximate surface area is 204 Å². The molecular weight excluding hydrogens is 520 g/mol. The van der Waals surface area contributed by atoms with Gasteiger partial charge in [0.05, 0.1) is 0 Å². The van der Waals surface area contributed by atoms with Crippen LogP contribution in [0.3, 0.4) is 0 Å². The highest BCUT2D eigenvalue weighted by atomic mass is 79.9.